The zero-order valence-electron chi connectivity index (χ0n) is 11.0. The highest BCUT2D eigenvalue weighted by Crippen LogP contribution is 2.35. The van der Waals surface area contributed by atoms with E-state index in [9.17, 15) is 13.2 Å². The van der Waals surface area contributed by atoms with E-state index in [-0.39, 0.29) is 5.56 Å². The summed E-state index contributed by atoms with van der Waals surface area (Å²) in [5.74, 6) is 0. The van der Waals surface area contributed by atoms with Gasteiger partial charge in [-0.05, 0) is 29.7 Å². The predicted octanol–water partition coefficient (Wildman–Crippen LogP) is 3.71. The first-order chi connectivity index (χ1) is 9.45. The van der Waals surface area contributed by atoms with Crippen LogP contribution in [0, 0.1) is 0 Å². The monoisotopic (exact) mass is 280 g/mol. The molecule has 0 spiro atoms. The highest BCUT2D eigenvalue weighted by Gasteiger charge is 2.35. The molecule has 20 heavy (non-hydrogen) atoms. The fourth-order valence-corrected chi connectivity index (χ4v) is 2.20. The summed E-state index contributed by atoms with van der Waals surface area (Å²) in [6.45, 7) is 1.92. The lowest BCUT2D eigenvalue weighted by atomic mass is 9.95. The van der Waals surface area contributed by atoms with Gasteiger partial charge >= 0.3 is 6.18 Å². The molecule has 2 rings (SSSR count). The number of benzene rings is 1. The van der Waals surface area contributed by atoms with E-state index in [2.05, 4.69) is 4.98 Å². The molecule has 5 heteroatoms. The van der Waals surface area contributed by atoms with E-state index in [1.54, 1.807) is 18.3 Å². The first-order valence-corrected chi connectivity index (χ1v) is 6.30. The summed E-state index contributed by atoms with van der Waals surface area (Å²) in [5.41, 5.74) is 6.72. The van der Waals surface area contributed by atoms with Gasteiger partial charge in [0, 0.05) is 6.20 Å². The molecule has 2 N–H and O–H groups in total. The lowest BCUT2D eigenvalue weighted by Crippen LogP contribution is -2.20. The molecule has 1 atom stereocenters. The molecule has 2 nitrogen and oxygen atoms in total. The highest BCUT2D eigenvalue weighted by molar-refractivity contribution is 5.38. The third kappa shape index (κ3) is 2.82. The van der Waals surface area contributed by atoms with Crippen LogP contribution in [0.25, 0.3) is 0 Å². The standard InChI is InChI=1S/C15H15F3N2/c1-2-10-6-5-9-20-14(10)13(19)11-7-3-4-8-12(11)15(16,17)18/h3-9,13H,2,19H2,1H3. The largest absolute Gasteiger partial charge is 0.416 e. The van der Waals surface area contributed by atoms with E-state index in [1.807, 2.05) is 13.0 Å². The minimum absolute atomic E-state index is 0.0494. The lowest BCUT2D eigenvalue weighted by Gasteiger charge is -2.19. The SMILES string of the molecule is CCc1cccnc1C(N)c1ccccc1C(F)(F)F. The molecule has 2 aromatic rings. The third-order valence-electron chi connectivity index (χ3n) is 3.20. The van der Waals surface area contributed by atoms with Crippen molar-refractivity contribution in [2.45, 2.75) is 25.6 Å². The van der Waals surface area contributed by atoms with Crippen LogP contribution in [0.3, 0.4) is 0 Å². The first-order valence-electron chi connectivity index (χ1n) is 6.30. The molecular formula is C15H15F3N2. The Balaban J connectivity index is 2.52. The van der Waals surface area contributed by atoms with Crippen LogP contribution in [-0.2, 0) is 12.6 Å². The van der Waals surface area contributed by atoms with Gasteiger partial charge in [-0.25, -0.2) is 0 Å². The van der Waals surface area contributed by atoms with Gasteiger partial charge in [-0.3, -0.25) is 4.98 Å². The number of pyridine rings is 1. The lowest BCUT2D eigenvalue weighted by molar-refractivity contribution is -0.138. The number of halogens is 3. The van der Waals surface area contributed by atoms with Crippen molar-refractivity contribution in [3.8, 4) is 0 Å². The minimum Gasteiger partial charge on any atom is -0.319 e. The number of rotatable bonds is 3. The molecule has 0 saturated heterocycles. The Morgan fingerprint density at radius 3 is 2.50 bits per heavy atom. The van der Waals surface area contributed by atoms with E-state index in [0.717, 1.165) is 11.6 Å². The second kappa shape index (κ2) is 5.63. The van der Waals surface area contributed by atoms with E-state index >= 15 is 0 Å². The Hall–Kier alpha value is -1.88. The zero-order chi connectivity index (χ0) is 14.8. The fourth-order valence-electron chi connectivity index (χ4n) is 2.20. The van der Waals surface area contributed by atoms with E-state index in [4.69, 9.17) is 5.73 Å². The summed E-state index contributed by atoms with van der Waals surface area (Å²) in [4.78, 5) is 4.16. The van der Waals surface area contributed by atoms with Crippen molar-refractivity contribution < 1.29 is 13.2 Å². The van der Waals surface area contributed by atoms with Crippen molar-refractivity contribution in [3.05, 3.63) is 65.0 Å². The molecule has 106 valence electrons. The van der Waals surface area contributed by atoms with Gasteiger partial charge in [0.15, 0.2) is 0 Å². The molecule has 0 bridgehead atoms. The number of aryl methyl sites for hydroxylation is 1. The van der Waals surface area contributed by atoms with Gasteiger partial charge in [-0.15, -0.1) is 0 Å². The van der Waals surface area contributed by atoms with Crippen LogP contribution >= 0.6 is 0 Å². The average molecular weight is 280 g/mol. The van der Waals surface area contributed by atoms with E-state index in [0.29, 0.717) is 12.1 Å². The van der Waals surface area contributed by atoms with Crippen LogP contribution in [0.1, 0.15) is 35.3 Å². The van der Waals surface area contributed by atoms with Crippen LogP contribution in [0.15, 0.2) is 42.6 Å². The molecule has 0 saturated carbocycles. The molecule has 1 unspecified atom stereocenters. The average Bonchev–Trinajstić information content (AvgIpc) is 2.45. The van der Waals surface area contributed by atoms with E-state index < -0.39 is 17.8 Å². The van der Waals surface area contributed by atoms with Gasteiger partial charge in [0.25, 0.3) is 0 Å². The van der Waals surface area contributed by atoms with Gasteiger partial charge in [-0.1, -0.05) is 31.2 Å². The molecule has 1 aromatic heterocycles. The highest BCUT2D eigenvalue weighted by atomic mass is 19.4. The molecular weight excluding hydrogens is 265 g/mol. The number of hydrogen-bond acceptors (Lipinski definition) is 2. The molecule has 1 aromatic carbocycles. The van der Waals surface area contributed by atoms with Crippen LogP contribution in [0.4, 0.5) is 13.2 Å². The second-order valence-electron chi connectivity index (χ2n) is 4.46. The number of nitrogens with zero attached hydrogens (tertiary/aromatic N) is 1. The second-order valence-corrected chi connectivity index (χ2v) is 4.46. The summed E-state index contributed by atoms with van der Waals surface area (Å²) < 4.78 is 39.1. The summed E-state index contributed by atoms with van der Waals surface area (Å²) in [5, 5.41) is 0. The molecule has 0 aliphatic rings. The van der Waals surface area contributed by atoms with Crippen molar-refractivity contribution in [1.29, 1.82) is 0 Å². The molecule has 0 aliphatic carbocycles. The number of alkyl halides is 3. The normalized spacial score (nSPS) is 13.2. The number of nitrogens with two attached hydrogens (primary N) is 1. The molecule has 1 heterocycles. The van der Waals surface area contributed by atoms with Gasteiger partial charge < -0.3 is 5.73 Å². The van der Waals surface area contributed by atoms with Crippen molar-refractivity contribution >= 4 is 0 Å². The van der Waals surface area contributed by atoms with Crippen LogP contribution < -0.4 is 5.73 Å². The third-order valence-corrected chi connectivity index (χ3v) is 3.20. The Morgan fingerprint density at radius 1 is 1.15 bits per heavy atom. The quantitative estimate of drug-likeness (QED) is 0.930. The van der Waals surface area contributed by atoms with E-state index in [1.165, 1.54) is 12.1 Å². The zero-order valence-corrected chi connectivity index (χ0v) is 11.0. The van der Waals surface area contributed by atoms with Crippen molar-refractivity contribution in [2.75, 3.05) is 0 Å². The van der Waals surface area contributed by atoms with Crippen LogP contribution in [-0.4, -0.2) is 4.98 Å². The van der Waals surface area contributed by atoms with Crippen molar-refractivity contribution in [2.24, 2.45) is 5.73 Å². The number of hydrogen-bond donors (Lipinski definition) is 1. The van der Waals surface area contributed by atoms with Crippen molar-refractivity contribution in [3.63, 3.8) is 0 Å². The summed E-state index contributed by atoms with van der Waals surface area (Å²) in [7, 11) is 0. The minimum atomic E-state index is -4.42. The maximum atomic E-state index is 13.0. The molecule has 0 amide bonds. The van der Waals surface area contributed by atoms with Crippen molar-refractivity contribution in [1.82, 2.24) is 4.98 Å². The molecule has 0 aliphatic heterocycles. The van der Waals surface area contributed by atoms with Gasteiger partial charge in [0.2, 0.25) is 0 Å². The summed E-state index contributed by atoms with van der Waals surface area (Å²) in [6, 6.07) is 8.06. The van der Waals surface area contributed by atoms with Gasteiger partial charge in [0.05, 0.1) is 17.3 Å². The predicted molar refractivity (Wildman–Crippen MR) is 71.1 cm³/mol. The first kappa shape index (κ1) is 14.5. The van der Waals surface area contributed by atoms with Crippen LogP contribution in [0.5, 0.6) is 0 Å². The molecule has 0 fully saturated rings. The summed E-state index contributed by atoms with van der Waals surface area (Å²) in [6.07, 6.45) is -2.20. The maximum Gasteiger partial charge on any atom is 0.416 e. The Labute approximate surface area is 115 Å². The van der Waals surface area contributed by atoms with Gasteiger partial charge in [-0.2, -0.15) is 13.2 Å². The fraction of sp³-hybridized carbons (Fsp3) is 0.267. The Morgan fingerprint density at radius 2 is 1.85 bits per heavy atom. The Bertz CT molecular complexity index is 594. The smallest absolute Gasteiger partial charge is 0.319 e. The topological polar surface area (TPSA) is 38.9 Å². The Kier molecular flexibility index (Phi) is 4.09. The van der Waals surface area contributed by atoms with Crippen LogP contribution in [0.2, 0.25) is 0 Å². The molecule has 0 radical (unpaired) electrons. The maximum absolute atomic E-state index is 13.0. The van der Waals surface area contributed by atoms with Gasteiger partial charge in [0.1, 0.15) is 0 Å². The number of aromatic nitrogens is 1. The summed E-state index contributed by atoms with van der Waals surface area (Å²) >= 11 is 0.